The van der Waals surface area contributed by atoms with E-state index in [2.05, 4.69) is 16.3 Å². The summed E-state index contributed by atoms with van der Waals surface area (Å²) >= 11 is 0. The van der Waals surface area contributed by atoms with Crippen molar-refractivity contribution in [2.75, 3.05) is 27.7 Å². The monoisotopic (exact) mass is 312 g/mol. The summed E-state index contributed by atoms with van der Waals surface area (Å²) in [4.78, 5) is 14.4. The van der Waals surface area contributed by atoms with E-state index in [9.17, 15) is 4.79 Å². The first-order valence-corrected chi connectivity index (χ1v) is 7.71. The van der Waals surface area contributed by atoms with Gasteiger partial charge >= 0.3 is 0 Å². The van der Waals surface area contributed by atoms with Crippen LogP contribution in [-0.2, 0) is 9.53 Å². The van der Waals surface area contributed by atoms with Gasteiger partial charge in [0.05, 0.1) is 6.10 Å². The van der Waals surface area contributed by atoms with Gasteiger partial charge in [0.1, 0.15) is 0 Å². The van der Waals surface area contributed by atoms with Crippen LogP contribution < -0.4 is 5.32 Å². The van der Waals surface area contributed by atoms with E-state index in [1.165, 1.54) is 0 Å². The highest BCUT2D eigenvalue weighted by molar-refractivity contribution is 5.96. The number of likely N-dealkylation sites (N-methyl/N-ethyl adjacent to an activating group) is 1. The third kappa shape index (κ3) is 4.91. The summed E-state index contributed by atoms with van der Waals surface area (Å²) in [5, 5.41) is 2.94. The number of amides is 1. The zero-order chi connectivity index (χ0) is 16.7. The number of methoxy groups -OCH3 is 1. The second kappa shape index (κ2) is 8.46. The van der Waals surface area contributed by atoms with Crippen LogP contribution in [-0.4, -0.2) is 44.6 Å². The van der Waals surface area contributed by atoms with E-state index in [0.717, 1.165) is 5.56 Å². The average Bonchev–Trinajstić information content (AvgIpc) is 2.82. The van der Waals surface area contributed by atoms with E-state index < -0.39 is 0 Å². The van der Waals surface area contributed by atoms with E-state index >= 15 is 0 Å². The molecule has 4 nitrogen and oxygen atoms in total. The van der Waals surface area contributed by atoms with Crippen molar-refractivity contribution < 1.29 is 9.53 Å². The molecule has 2 unspecified atom stereocenters. The first-order valence-electron chi connectivity index (χ1n) is 7.71. The van der Waals surface area contributed by atoms with Crippen LogP contribution in [0.3, 0.4) is 0 Å². The highest BCUT2D eigenvalue weighted by Crippen LogP contribution is 2.15. The van der Waals surface area contributed by atoms with Crippen molar-refractivity contribution in [1.82, 2.24) is 10.2 Å². The third-order valence-corrected chi connectivity index (χ3v) is 3.82. The van der Waals surface area contributed by atoms with E-state index in [-0.39, 0.29) is 18.1 Å². The quantitative estimate of drug-likeness (QED) is 0.877. The molecule has 1 aliphatic rings. The summed E-state index contributed by atoms with van der Waals surface area (Å²) in [6, 6.07) is 10.1. The number of rotatable bonds is 6. The molecule has 2 atom stereocenters. The summed E-state index contributed by atoms with van der Waals surface area (Å²) in [7, 11) is 5.67. The number of carbonyl (C=O) groups excluding carboxylic acids is 1. The van der Waals surface area contributed by atoms with Crippen LogP contribution in [0.4, 0.5) is 0 Å². The Hall–Kier alpha value is -2.17. The van der Waals surface area contributed by atoms with Gasteiger partial charge in [-0.1, -0.05) is 54.6 Å². The van der Waals surface area contributed by atoms with Gasteiger partial charge in [-0.15, -0.1) is 0 Å². The molecule has 4 heteroatoms. The van der Waals surface area contributed by atoms with E-state index in [1.807, 2.05) is 68.7 Å². The van der Waals surface area contributed by atoms with Crippen molar-refractivity contribution >= 4 is 5.91 Å². The maximum absolute atomic E-state index is 12.3. The Labute approximate surface area is 138 Å². The number of nitrogens with zero attached hydrogens (tertiary/aromatic N) is 1. The van der Waals surface area contributed by atoms with Gasteiger partial charge in [-0.25, -0.2) is 0 Å². The Morgan fingerprint density at radius 1 is 1.26 bits per heavy atom. The van der Waals surface area contributed by atoms with Crippen molar-refractivity contribution in [3.63, 3.8) is 0 Å². The zero-order valence-corrected chi connectivity index (χ0v) is 13.9. The lowest BCUT2D eigenvalue weighted by atomic mass is 10.1. The second-order valence-corrected chi connectivity index (χ2v) is 5.67. The number of ether oxygens (including phenoxy) is 1. The number of benzene rings is 1. The van der Waals surface area contributed by atoms with Crippen LogP contribution in [0.25, 0.3) is 0 Å². The third-order valence-electron chi connectivity index (χ3n) is 3.82. The molecule has 1 aromatic rings. The van der Waals surface area contributed by atoms with E-state index in [1.54, 1.807) is 7.11 Å². The fourth-order valence-corrected chi connectivity index (χ4v) is 2.38. The Morgan fingerprint density at radius 3 is 2.65 bits per heavy atom. The SMILES string of the molecule is COC(CNC(=O)C1=CC=CC(N(C)C)C=C1)c1ccccc1. The number of hydrogen-bond acceptors (Lipinski definition) is 3. The summed E-state index contributed by atoms with van der Waals surface area (Å²) in [6.07, 6.45) is 9.54. The van der Waals surface area contributed by atoms with Gasteiger partial charge in [0.2, 0.25) is 0 Å². The Kier molecular flexibility index (Phi) is 6.32. The van der Waals surface area contributed by atoms with Gasteiger partial charge in [0.15, 0.2) is 0 Å². The standard InChI is InChI=1S/C19H24N2O2/c1-21(2)17-11-7-10-16(12-13-17)19(22)20-14-18(23-3)15-8-5-4-6-9-15/h4-13,17-18H,14H2,1-3H3,(H,20,22). The number of allylic oxidation sites excluding steroid dienone is 2. The van der Waals surface area contributed by atoms with Crippen LogP contribution in [0.2, 0.25) is 0 Å². The lowest BCUT2D eigenvalue weighted by Gasteiger charge is -2.17. The molecule has 0 aromatic heterocycles. The van der Waals surface area contributed by atoms with Crippen LogP contribution in [0.5, 0.6) is 0 Å². The highest BCUT2D eigenvalue weighted by atomic mass is 16.5. The molecule has 1 aliphatic carbocycles. The fourth-order valence-electron chi connectivity index (χ4n) is 2.38. The smallest absolute Gasteiger partial charge is 0.251 e. The molecule has 0 saturated carbocycles. The van der Waals surface area contributed by atoms with Gasteiger partial charge in [0.25, 0.3) is 5.91 Å². The van der Waals surface area contributed by atoms with Crippen molar-refractivity contribution in [3.05, 3.63) is 71.8 Å². The highest BCUT2D eigenvalue weighted by Gasteiger charge is 2.14. The summed E-state index contributed by atoms with van der Waals surface area (Å²) in [6.45, 7) is 0.436. The lowest BCUT2D eigenvalue weighted by Crippen LogP contribution is -2.30. The molecule has 0 radical (unpaired) electrons. The number of carbonyl (C=O) groups is 1. The maximum atomic E-state index is 12.3. The molecule has 0 heterocycles. The first kappa shape index (κ1) is 17.2. The van der Waals surface area contributed by atoms with E-state index in [0.29, 0.717) is 12.1 Å². The molecule has 2 rings (SSSR count). The summed E-state index contributed by atoms with van der Waals surface area (Å²) in [5.74, 6) is -0.0942. The zero-order valence-electron chi connectivity index (χ0n) is 13.9. The lowest BCUT2D eigenvalue weighted by molar-refractivity contribution is -0.117. The summed E-state index contributed by atoms with van der Waals surface area (Å²) in [5.41, 5.74) is 1.70. The largest absolute Gasteiger partial charge is 0.375 e. The normalized spacial score (nSPS) is 18.4. The number of hydrogen-bond donors (Lipinski definition) is 1. The molecule has 0 aliphatic heterocycles. The molecular formula is C19H24N2O2. The predicted octanol–water partition coefficient (Wildman–Crippen LogP) is 2.47. The van der Waals surface area contributed by atoms with Crippen LogP contribution in [0.15, 0.2) is 66.3 Å². The summed E-state index contributed by atoms with van der Waals surface area (Å²) < 4.78 is 5.47. The molecule has 1 aromatic carbocycles. The molecule has 1 amide bonds. The van der Waals surface area contributed by atoms with Crippen LogP contribution in [0, 0.1) is 0 Å². The molecule has 0 spiro atoms. The predicted molar refractivity (Wildman–Crippen MR) is 93.0 cm³/mol. The first-order chi connectivity index (χ1) is 11.1. The van der Waals surface area contributed by atoms with Crippen LogP contribution in [0.1, 0.15) is 11.7 Å². The van der Waals surface area contributed by atoms with Crippen LogP contribution >= 0.6 is 0 Å². The average molecular weight is 312 g/mol. The van der Waals surface area contributed by atoms with E-state index in [4.69, 9.17) is 4.74 Å². The van der Waals surface area contributed by atoms with Gasteiger partial charge < -0.3 is 10.1 Å². The molecule has 122 valence electrons. The minimum atomic E-state index is -0.152. The Balaban J connectivity index is 1.96. The topological polar surface area (TPSA) is 41.6 Å². The van der Waals surface area contributed by atoms with Gasteiger partial charge in [-0.2, -0.15) is 0 Å². The minimum absolute atomic E-state index is 0.0942. The molecule has 1 N–H and O–H groups in total. The molecule has 0 bridgehead atoms. The fraction of sp³-hybridized carbons (Fsp3) is 0.316. The molecule has 23 heavy (non-hydrogen) atoms. The second-order valence-electron chi connectivity index (χ2n) is 5.67. The maximum Gasteiger partial charge on any atom is 0.251 e. The van der Waals surface area contributed by atoms with Crippen molar-refractivity contribution in [2.24, 2.45) is 0 Å². The molecular weight excluding hydrogens is 288 g/mol. The van der Waals surface area contributed by atoms with Crippen molar-refractivity contribution in [3.8, 4) is 0 Å². The Morgan fingerprint density at radius 2 is 2.00 bits per heavy atom. The minimum Gasteiger partial charge on any atom is -0.375 e. The van der Waals surface area contributed by atoms with Gasteiger partial charge in [-0.05, 0) is 25.7 Å². The molecule has 0 saturated heterocycles. The number of nitrogens with one attached hydrogen (secondary N) is 1. The Bertz CT molecular complexity index is 603. The van der Waals surface area contributed by atoms with Crippen molar-refractivity contribution in [1.29, 1.82) is 0 Å². The molecule has 0 fully saturated rings. The van der Waals surface area contributed by atoms with Gasteiger partial charge in [0, 0.05) is 25.3 Å². The van der Waals surface area contributed by atoms with Gasteiger partial charge in [-0.3, -0.25) is 9.69 Å². The van der Waals surface area contributed by atoms with Crippen molar-refractivity contribution in [2.45, 2.75) is 12.1 Å².